The van der Waals surface area contributed by atoms with Crippen LogP contribution in [0.2, 0.25) is 0 Å². The molecule has 0 aliphatic heterocycles. The van der Waals surface area contributed by atoms with Crippen molar-refractivity contribution in [3.63, 3.8) is 0 Å². The van der Waals surface area contributed by atoms with E-state index in [4.69, 9.17) is 12.9 Å². The van der Waals surface area contributed by atoms with Crippen LogP contribution in [-0.2, 0) is 5.81 Å². The number of hydrogen-bond donors (Lipinski definition) is 2. The minimum absolute atomic E-state index is 0.256. The minimum Gasteiger partial charge on any atom is -0.357 e. The first-order chi connectivity index (χ1) is 14.7. The lowest BCUT2D eigenvalue weighted by Crippen LogP contribution is -2.42. The molecule has 4 aromatic rings. The van der Waals surface area contributed by atoms with Crippen molar-refractivity contribution in [3.8, 4) is 11.1 Å². The number of pyridine rings is 1. The molecule has 0 amide bonds. The number of hydrogen-bond acceptors (Lipinski definition) is 5. The van der Waals surface area contributed by atoms with Gasteiger partial charge in [-0.25, -0.2) is 9.08 Å². The van der Waals surface area contributed by atoms with E-state index in [9.17, 15) is 15.0 Å². The second kappa shape index (κ2) is 7.04. The van der Waals surface area contributed by atoms with Crippen LogP contribution in [-0.4, -0.2) is 37.2 Å². The van der Waals surface area contributed by atoms with Crippen molar-refractivity contribution >= 4 is 24.4 Å². The summed E-state index contributed by atoms with van der Waals surface area (Å²) < 4.78 is 2.39. The third-order valence-electron chi connectivity index (χ3n) is 6.12. The first kappa shape index (κ1) is 20.0. The molecule has 7 nitrogen and oxygen atoms in total. The van der Waals surface area contributed by atoms with Gasteiger partial charge in [0.25, 0.3) is 5.56 Å². The van der Waals surface area contributed by atoms with E-state index in [1.54, 1.807) is 16.6 Å². The Labute approximate surface area is 180 Å². The SMILES string of the molecule is [B]C(O)(O)n1c(=O)c2ccc(-c3cc(C)nc(C)c3)cc2n2nc(C3CCCC3)cc12. The molecular weight excluding hydrogens is 391 g/mol. The van der Waals surface area contributed by atoms with E-state index in [0.717, 1.165) is 58.5 Å². The van der Waals surface area contributed by atoms with Crippen LogP contribution in [0, 0.1) is 13.8 Å². The highest BCUT2D eigenvalue weighted by Crippen LogP contribution is 2.34. The molecule has 1 aliphatic rings. The highest BCUT2D eigenvalue weighted by atomic mass is 16.5. The Balaban J connectivity index is 1.83. The van der Waals surface area contributed by atoms with Crippen LogP contribution in [0.1, 0.15) is 48.7 Å². The molecule has 1 aromatic carbocycles. The van der Waals surface area contributed by atoms with Crippen LogP contribution in [0.4, 0.5) is 0 Å². The molecule has 0 saturated heterocycles. The fourth-order valence-corrected chi connectivity index (χ4v) is 4.76. The Morgan fingerprint density at radius 3 is 2.35 bits per heavy atom. The van der Waals surface area contributed by atoms with E-state index in [2.05, 4.69) is 4.98 Å². The number of benzene rings is 1. The van der Waals surface area contributed by atoms with Crippen molar-refractivity contribution in [3.05, 3.63) is 63.8 Å². The summed E-state index contributed by atoms with van der Waals surface area (Å²) in [6.45, 7) is 3.89. The lowest BCUT2D eigenvalue weighted by Gasteiger charge is -2.22. The van der Waals surface area contributed by atoms with E-state index >= 15 is 0 Å². The minimum atomic E-state index is -2.84. The van der Waals surface area contributed by atoms with E-state index in [1.165, 1.54) is 0 Å². The second-order valence-electron chi connectivity index (χ2n) is 8.52. The zero-order chi connectivity index (χ0) is 21.9. The molecule has 0 unspecified atom stereocenters. The normalized spacial score (nSPS) is 15.4. The standard InChI is InChI=1S/C23H23BN4O3/c1-13-9-17(10-14(2)25-13)16-7-8-18-20(11-16)28-21(27(22(18)29)23(24,30)31)12-19(26-28)15-5-3-4-6-15/h7-12,15,30-31H,3-6H2,1-2H3. The lowest BCUT2D eigenvalue weighted by molar-refractivity contribution is -0.151. The van der Waals surface area contributed by atoms with Crippen LogP contribution in [0.25, 0.3) is 27.7 Å². The Morgan fingerprint density at radius 1 is 1.03 bits per heavy atom. The number of aliphatic hydroxyl groups is 2. The maximum atomic E-state index is 13.2. The van der Waals surface area contributed by atoms with Gasteiger partial charge in [0.1, 0.15) is 5.65 Å². The van der Waals surface area contributed by atoms with Gasteiger partial charge in [0, 0.05) is 23.4 Å². The van der Waals surface area contributed by atoms with E-state index in [0.29, 0.717) is 10.9 Å². The molecule has 1 aliphatic carbocycles. The Kier molecular flexibility index (Phi) is 4.53. The van der Waals surface area contributed by atoms with Crippen molar-refractivity contribution in [2.24, 2.45) is 0 Å². The molecule has 156 valence electrons. The zero-order valence-corrected chi connectivity index (χ0v) is 17.5. The average molecular weight is 414 g/mol. The third-order valence-corrected chi connectivity index (χ3v) is 6.12. The molecule has 8 heteroatoms. The summed E-state index contributed by atoms with van der Waals surface area (Å²) >= 11 is 0. The van der Waals surface area contributed by atoms with Gasteiger partial charge < -0.3 is 10.2 Å². The van der Waals surface area contributed by atoms with Crippen molar-refractivity contribution in [2.75, 3.05) is 0 Å². The lowest BCUT2D eigenvalue weighted by atomic mass is 10.0. The van der Waals surface area contributed by atoms with Crippen molar-refractivity contribution in [1.82, 2.24) is 19.2 Å². The van der Waals surface area contributed by atoms with Gasteiger partial charge in [-0.2, -0.15) is 5.10 Å². The van der Waals surface area contributed by atoms with Crippen LogP contribution < -0.4 is 5.56 Å². The Morgan fingerprint density at radius 2 is 1.71 bits per heavy atom. The fraction of sp³-hybridized carbons (Fsp3) is 0.348. The van der Waals surface area contributed by atoms with Crippen LogP contribution in [0.5, 0.6) is 0 Å². The number of fused-ring (bicyclic) bond motifs is 3. The molecule has 2 N–H and O–H groups in total. The summed E-state index contributed by atoms with van der Waals surface area (Å²) in [7, 11) is 5.56. The highest BCUT2D eigenvalue weighted by molar-refractivity contribution is 6.11. The van der Waals surface area contributed by atoms with Crippen LogP contribution in [0.3, 0.4) is 0 Å². The maximum Gasteiger partial charge on any atom is 0.265 e. The monoisotopic (exact) mass is 414 g/mol. The molecule has 0 atom stereocenters. The van der Waals surface area contributed by atoms with Crippen LogP contribution in [0.15, 0.2) is 41.2 Å². The predicted octanol–water partition coefficient (Wildman–Crippen LogP) is 2.71. The molecule has 2 radical (unpaired) electrons. The number of aryl methyl sites for hydroxylation is 2. The van der Waals surface area contributed by atoms with Gasteiger partial charge in [-0.15, -0.1) is 0 Å². The second-order valence-corrected chi connectivity index (χ2v) is 8.52. The van der Waals surface area contributed by atoms with Crippen molar-refractivity contribution in [2.45, 2.75) is 51.3 Å². The summed E-state index contributed by atoms with van der Waals surface area (Å²) in [6.07, 6.45) is 4.33. The predicted molar refractivity (Wildman–Crippen MR) is 119 cm³/mol. The molecule has 5 rings (SSSR count). The van der Waals surface area contributed by atoms with Gasteiger partial charge in [0.2, 0.25) is 0 Å². The number of aromatic nitrogens is 4. The van der Waals surface area contributed by atoms with Crippen molar-refractivity contribution < 1.29 is 10.2 Å². The number of rotatable bonds is 3. The average Bonchev–Trinajstić information content (AvgIpc) is 3.36. The van der Waals surface area contributed by atoms with Gasteiger partial charge in [0.15, 0.2) is 13.7 Å². The molecule has 3 heterocycles. The summed E-state index contributed by atoms with van der Waals surface area (Å²) in [5.41, 5.74) is 4.83. The summed E-state index contributed by atoms with van der Waals surface area (Å²) in [6, 6.07) is 11.1. The van der Waals surface area contributed by atoms with Gasteiger partial charge >= 0.3 is 0 Å². The molecule has 0 spiro atoms. The van der Waals surface area contributed by atoms with Crippen molar-refractivity contribution in [1.29, 1.82) is 0 Å². The van der Waals surface area contributed by atoms with E-state index < -0.39 is 11.4 Å². The first-order valence-corrected chi connectivity index (χ1v) is 10.5. The molecule has 3 aromatic heterocycles. The number of nitrogens with zero attached hydrogens (tertiary/aromatic N) is 4. The van der Waals surface area contributed by atoms with E-state index in [1.807, 2.05) is 38.1 Å². The van der Waals surface area contributed by atoms with Gasteiger partial charge in [-0.05, 0) is 62.1 Å². The quantitative estimate of drug-likeness (QED) is 0.397. The van der Waals surface area contributed by atoms with Crippen LogP contribution >= 0.6 is 0 Å². The largest absolute Gasteiger partial charge is 0.357 e. The molecule has 0 bridgehead atoms. The molecule has 1 fully saturated rings. The molecule has 1 saturated carbocycles. The summed E-state index contributed by atoms with van der Waals surface area (Å²) in [5, 5.41) is 25.4. The smallest absolute Gasteiger partial charge is 0.265 e. The van der Waals surface area contributed by atoms with Gasteiger partial charge in [0.05, 0.1) is 16.6 Å². The Hall–Kier alpha value is -2.97. The zero-order valence-electron chi connectivity index (χ0n) is 17.5. The Bertz CT molecular complexity index is 1360. The van der Waals surface area contributed by atoms with Gasteiger partial charge in [-0.3, -0.25) is 9.78 Å². The third kappa shape index (κ3) is 3.36. The fourth-order valence-electron chi connectivity index (χ4n) is 4.76. The molecule has 31 heavy (non-hydrogen) atoms. The maximum absolute atomic E-state index is 13.2. The highest BCUT2D eigenvalue weighted by Gasteiger charge is 2.27. The molecular formula is C23H23BN4O3. The van der Waals surface area contributed by atoms with Gasteiger partial charge in [-0.1, -0.05) is 18.9 Å². The van der Waals surface area contributed by atoms with E-state index in [-0.39, 0.29) is 11.6 Å². The summed E-state index contributed by atoms with van der Waals surface area (Å²) in [4.78, 5) is 17.6. The topological polar surface area (TPSA) is 92.6 Å². The summed E-state index contributed by atoms with van der Waals surface area (Å²) in [5.74, 6) is -2.55. The first-order valence-electron chi connectivity index (χ1n) is 10.5.